The molecule has 1 N–H and O–H groups in total. The number of amides is 1. The summed E-state index contributed by atoms with van der Waals surface area (Å²) in [6.07, 6.45) is -0.246. The number of rotatable bonds is 5. The molecule has 0 saturated carbocycles. The van der Waals surface area contributed by atoms with Gasteiger partial charge in [0.2, 0.25) is 11.6 Å². The van der Waals surface area contributed by atoms with Crippen molar-refractivity contribution in [2.75, 3.05) is 18.8 Å². The second-order valence-electron chi connectivity index (χ2n) is 5.56. The van der Waals surface area contributed by atoms with E-state index in [2.05, 4.69) is 0 Å². The molecule has 0 radical (unpaired) electrons. The molecule has 6 nitrogen and oxygen atoms in total. The normalized spacial score (nSPS) is 21.4. The predicted molar refractivity (Wildman–Crippen MR) is 80.5 cm³/mol. The molecular weight excluding hydrogens is 325 g/mol. The van der Waals surface area contributed by atoms with Crippen molar-refractivity contribution in [3.8, 4) is 0 Å². The Kier molecular flexibility index (Phi) is 4.74. The van der Waals surface area contributed by atoms with Crippen LogP contribution in [0.1, 0.15) is 18.9 Å². The van der Waals surface area contributed by atoms with E-state index in [-0.39, 0.29) is 35.9 Å². The fourth-order valence-electron chi connectivity index (χ4n) is 2.43. The van der Waals surface area contributed by atoms with Crippen LogP contribution in [0.2, 0.25) is 0 Å². The van der Waals surface area contributed by atoms with E-state index in [1.54, 1.807) is 6.92 Å². The molecule has 1 aliphatic heterocycles. The van der Waals surface area contributed by atoms with E-state index in [1.165, 1.54) is 29.2 Å². The first-order valence-corrected chi connectivity index (χ1v) is 8.85. The molecule has 0 bridgehead atoms. The Hall–Kier alpha value is -1.96. The molecule has 8 heteroatoms. The van der Waals surface area contributed by atoms with Crippen LogP contribution in [0.3, 0.4) is 0 Å². The highest BCUT2D eigenvalue weighted by atomic mass is 32.2. The largest absolute Gasteiger partial charge is 0.479 e. The Balaban J connectivity index is 2.03. The minimum Gasteiger partial charge on any atom is -0.479 e. The van der Waals surface area contributed by atoms with Gasteiger partial charge in [0.25, 0.3) is 0 Å². The fraction of sp³-hybridized carbons (Fsp3) is 0.467. The van der Waals surface area contributed by atoms with Crippen LogP contribution in [0.25, 0.3) is 0 Å². The lowest BCUT2D eigenvalue weighted by molar-refractivity contribution is -0.150. The van der Waals surface area contributed by atoms with Gasteiger partial charge in [-0.25, -0.2) is 17.6 Å². The Morgan fingerprint density at radius 2 is 1.91 bits per heavy atom. The summed E-state index contributed by atoms with van der Waals surface area (Å²) in [5, 5.41) is 8.82. The van der Waals surface area contributed by atoms with Gasteiger partial charge in [-0.05, 0) is 17.7 Å². The Bertz CT molecular complexity index is 716. The number of carbonyl (C=O) groups is 2. The highest BCUT2D eigenvalue weighted by Gasteiger charge is 2.46. The molecule has 0 aromatic heterocycles. The highest BCUT2D eigenvalue weighted by Crippen LogP contribution is 2.26. The summed E-state index contributed by atoms with van der Waals surface area (Å²) in [5.41, 5.74) is -1.79. The first-order valence-electron chi connectivity index (χ1n) is 7.20. The minimum absolute atomic E-state index is 0.00712. The molecule has 1 fully saturated rings. The number of benzene rings is 1. The Morgan fingerprint density at radius 3 is 2.39 bits per heavy atom. The second kappa shape index (κ2) is 6.27. The maximum Gasteiger partial charge on any atom is 0.343 e. The molecular formula is C15H18FNO5S. The van der Waals surface area contributed by atoms with Gasteiger partial charge in [0.1, 0.15) is 0 Å². The van der Waals surface area contributed by atoms with Gasteiger partial charge >= 0.3 is 5.97 Å². The molecule has 2 rings (SSSR count). The summed E-state index contributed by atoms with van der Waals surface area (Å²) in [6, 6.07) is 5.94. The van der Waals surface area contributed by atoms with E-state index in [9.17, 15) is 22.4 Å². The van der Waals surface area contributed by atoms with Crippen molar-refractivity contribution in [2.24, 2.45) is 0 Å². The van der Waals surface area contributed by atoms with E-state index >= 15 is 0 Å². The molecule has 0 aliphatic carbocycles. The van der Waals surface area contributed by atoms with Crippen LogP contribution < -0.4 is 0 Å². The van der Waals surface area contributed by atoms with Crippen molar-refractivity contribution in [2.45, 2.75) is 30.3 Å². The SMILES string of the molecule is CCS(=O)(=O)c1ccc(CC(=O)N2CCC(F)(C(=O)O)C2)cc1. The number of sulfone groups is 1. The summed E-state index contributed by atoms with van der Waals surface area (Å²) in [5.74, 6) is -1.94. The third kappa shape index (κ3) is 3.69. The number of carbonyl (C=O) groups excluding carboxylic acids is 1. The zero-order chi connectivity index (χ0) is 17.3. The maximum absolute atomic E-state index is 13.9. The quantitative estimate of drug-likeness (QED) is 0.863. The van der Waals surface area contributed by atoms with Crippen LogP contribution >= 0.6 is 0 Å². The molecule has 1 aliphatic rings. The lowest BCUT2D eigenvalue weighted by Crippen LogP contribution is -2.39. The molecule has 1 atom stereocenters. The number of likely N-dealkylation sites (tertiary alicyclic amines) is 1. The molecule has 1 saturated heterocycles. The van der Waals surface area contributed by atoms with Crippen LogP contribution in [0, 0.1) is 0 Å². The average molecular weight is 343 g/mol. The molecule has 1 aromatic carbocycles. The number of halogens is 1. The standard InChI is InChI=1S/C15H18FNO5S/c1-2-23(21,22)12-5-3-11(4-6-12)9-13(18)17-8-7-15(16,10-17)14(19)20/h3-6H,2,7-10H2,1H3,(H,19,20). The summed E-state index contributed by atoms with van der Waals surface area (Å²) in [6.45, 7) is 1.15. The topological polar surface area (TPSA) is 91.8 Å². The van der Waals surface area contributed by atoms with Crippen LogP contribution in [-0.2, 0) is 25.8 Å². The second-order valence-corrected chi connectivity index (χ2v) is 7.84. The van der Waals surface area contributed by atoms with E-state index in [0.29, 0.717) is 5.56 Å². The number of alkyl halides is 1. The third-order valence-corrected chi connectivity index (χ3v) is 5.72. The van der Waals surface area contributed by atoms with Crippen LogP contribution in [0.5, 0.6) is 0 Å². The molecule has 126 valence electrons. The van der Waals surface area contributed by atoms with E-state index in [4.69, 9.17) is 5.11 Å². The fourth-order valence-corrected chi connectivity index (χ4v) is 3.31. The van der Waals surface area contributed by atoms with Crippen LogP contribution in [0.4, 0.5) is 4.39 Å². The van der Waals surface area contributed by atoms with Gasteiger partial charge in [-0.3, -0.25) is 4.79 Å². The lowest BCUT2D eigenvalue weighted by Gasteiger charge is -2.17. The van der Waals surface area contributed by atoms with Gasteiger partial charge in [-0.1, -0.05) is 19.1 Å². The van der Waals surface area contributed by atoms with Crippen LogP contribution in [-0.4, -0.2) is 54.8 Å². The lowest BCUT2D eigenvalue weighted by atomic mass is 10.1. The van der Waals surface area contributed by atoms with Gasteiger partial charge in [-0.15, -0.1) is 0 Å². The summed E-state index contributed by atoms with van der Waals surface area (Å²) >= 11 is 0. The van der Waals surface area contributed by atoms with Gasteiger partial charge in [-0.2, -0.15) is 0 Å². The van der Waals surface area contributed by atoms with Gasteiger partial charge in [0.05, 0.1) is 23.6 Å². The number of carboxylic acid groups (broad SMARTS) is 1. The van der Waals surface area contributed by atoms with Crippen molar-refractivity contribution in [3.05, 3.63) is 29.8 Å². The van der Waals surface area contributed by atoms with Gasteiger partial charge < -0.3 is 10.0 Å². The number of hydrogen-bond acceptors (Lipinski definition) is 4. The van der Waals surface area contributed by atoms with E-state index in [0.717, 1.165) is 0 Å². The average Bonchev–Trinajstić information content (AvgIpc) is 2.92. The number of hydrogen-bond donors (Lipinski definition) is 1. The first kappa shape index (κ1) is 17.4. The summed E-state index contributed by atoms with van der Waals surface area (Å²) in [4.78, 5) is 24.3. The molecule has 0 spiro atoms. The van der Waals surface area contributed by atoms with E-state index < -0.39 is 28.0 Å². The molecule has 1 aromatic rings. The van der Waals surface area contributed by atoms with Crippen molar-refractivity contribution in [1.82, 2.24) is 4.90 Å². The zero-order valence-corrected chi connectivity index (χ0v) is 13.5. The molecule has 1 unspecified atom stereocenters. The van der Waals surface area contributed by atoms with Crippen molar-refractivity contribution in [1.29, 1.82) is 0 Å². The predicted octanol–water partition coefficient (Wildman–Crippen LogP) is 1.05. The highest BCUT2D eigenvalue weighted by molar-refractivity contribution is 7.91. The van der Waals surface area contributed by atoms with Gasteiger partial charge in [0, 0.05) is 13.0 Å². The number of carboxylic acids is 1. The van der Waals surface area contributed by atoms with Crippen LogP contribution in [0.15, 0.2) is 29.2 Å². The Labute approximate surface area is 133 Å². The van der Waals surface area contributed by atoms with Crippen molar-refractivity contribution >= 4 is 21.7 Å². The van der Waals surface area contributed by atoms with Crippen molar-refractivity contribution < 1.29 is 27.5 Å². The number of aliphatic carboxylic acids is 1. The zero-order valence-electron chi connectivity index (χ0n) is 12.7. The summed E-state index contributed by atoms with van der Waals surface area (Å²) in [7, 11) is -3.29. The first-order chi connectivity index (χ1) is 10.7. The Morgan fingerprint density at radius 1 is 1.30 bits per heavy atom. The number of nitrogens with zero attached hydrogens (tertiary/aromatic N) is 1. The molecule has 1 heterocycles. The monoisotopic (exact) mass is 343 g/mol. The third-order valence-electron chi connectivity index (χ3n) is 3.97. The van der Waals surface area contributed by atoms with E-state index in [1.807, 2.05) is 0 Å². The maximum atomic E-state index is 13.9. The van der Waals surface area contributed by atoms with Crippen molar-refractivity contribution in [3.63, 3.8) is 0 Å². The van der Waals surface area contributed by atoms with Gasteiger partial charge in [0.15, 0.2) is 9.84 Å². The summed E-state index contributed by atoms with van der Waals surface area (Å²) < 4.78 is 37.4. The molecule has 23 heavy (non-hydrogen) atoms. The minimum atomic E-state index is -3.29. The smallest absolute Gasteiger partial charge is 0.343 e. The molecule has 1 amide bonds.